The molecule has 0 saturated heterocycles. The maximum absolute atomic E-state index is 14.1. The van der Waals surface area contributed by atoms with Crippen molar-refractivity contribution < 1.29 is 9.13 Å². The Morgan fingerprint density at radius 1 is 0.882 bits per heavy atom. The number of benzene rings is 3. The Balaban J connectivity index is 1.60. The number of ether oxygens (including phenoxy) is 1. The van der Waals surface area contributed by atoms with E-state index in [0.717, 1.165) is 16.7 Å². The van der Waals surface area contributed by atoms with Crippen molar-refractivity contribution in [2.75, 3.05) is 11.1 Å². The van der Waals surface area contributed by atoms with Crippen molar-refractivity contribution in [1.82, 2.24) is 9.97 Å². The Labute approximate surface area is 195 Å². The summed E-state index contributed by atoms with van der Waals surface area (Å²) in [6.45, 7) is 3.76. The third kappa shape index (κ3) is 4.77. The number of nitrogens with zero attached hydrogens (tertiary/aromatic N) is 4. The lowest BCUT2D eigenvalue weighted by Crippen LogP contribution is -2.03. The number of nitrogen functional groups attached to an aromatic ring is 1. The first-order chi connectivity index (χ1) is 16.4. The van der Waals surface area contributed by atoms with Crippen LogP contribution in [0.4, 0.5) is 21.8 Å². The predicted octanol–water partition coefficient (Wildman–Crippen LogP) is 5.76. The smallest absolute Gasteiger partial charge is 0.232 e. The molecule has 0 aliphatic carbocycles. The molecule has 4 rings (SSSR count). The summed E-state index contributed by atoms with van der Waals surface area (Å²) in [4.78, 5) is 8.58. The monoisotopic (exact) mass is 450 g/mol. The van der Waals surface area contributed by atoms with Gasteiger partial charge in [-0.15, -0.1) is 0 Å². The molecule has 1 heterocycles. The summed E-state index contributed by atoms with van der Waals surface area (Å²) in [6, 6.07) is 20.5. The minimum absolute atomic E-state index is 0.00363. The minimum atomic E-state index is -0.561. The molecule has 4 aromatic rings. The van der Waals surface area contributed by atoms with Gasteiger partial charge in [-0.05, 0) is 84.6 Å². The van der Waals surface area contributed by atoms with E-state index in [0.29, 0.717) is 22.6 Å². The Hall–Kier alpha value is -4.95. The number of nitrogens with two attached hydrogens (primary N) is 1. The first kappa shape index (κ1) is 22.3. The fourth-order valence-corrected chi connectivity index (χ4v) is 3.48. The fraction of sp³-hybridized carbons (Fsp3) is 0.0769. The number of hydrogen-bond donors (Lipinski definition) is 2. The first-order valence-corrected chi connectivity index (χ1v) is 10.3. The van der Waals surface area contributed by atoms with Crippen LogP contribution in [0.5, 0.6) is 11.6 Å². The third-order valence-corrected chi connectivity index (χ3v) is 5.08. The summed E-state index contributed by atoms with van der Waals surface area (Å²) in [5.41, 5.74) is 10.3. The average Bonchev–Trinajstić information content (AvgIpc) is 2.81. The second kappa shape index (κ2) is 9.27. The topological polar surface area (TPSA) is 121 Å². The summed E-state index contributed by atoms with van der Waals surface area (Å²) in [5.74, 6) is 0.766. The van der Waals surface area contributed by atoms with Gasteiger partial charge in [0.2, 0.25) is 11.8 Å². The number of rotatable bonds is 5. The highest BCUT2D eigenvalue weighted by molar-refractivity contribution is 5.68. The Kier molecular flexibility index (Phi) is 6.07. The molecular weight excluding hydrogens is 431 g/mol. The van der Waals surface area contributed by atoms with Crippen LogP contribution >= 0.6 is 0 Å². The molecule has 0 aliphatic rings. The van der Waals surface area contributed by atoms with Gasteiger partial charge in [0.25, 0.3) is 0 Å². The standard InChI is InChI=1S/C26H19FN6O/c1-15-9-20(18-5-6-19(14-29)22(27)11-18)10-16(2)25(15)34-24-12-23(30)32-26(33-24)31-21-7-3-17(13-28)4-8-21/h3-12H,1-2H3,(H3,30,31,32,33). The van der Waals surface area contributed by atoms with Gasteiger partial charge >= 0.3 is 0 Å². The molecular formula is C26H19FN6O. The van der Waals surface area contributed by atoms with Crippen LogP contribution in [0, 0.1) is 42.3 Å². The second-order valence-corrected chi connectivity index (χ2v) is 7.62. The minimum Gasteiger partial charge on any atom is -0.438 e. The van der Waals surface area contributed by atoms with Crippen LogP contribution in [0.3, 0.4) is 0 Å². The van der Waals surface area contributed by atoms with Gasteiger partial charge in [0, 0.05) is 11.8 Å². The van der Waals surface area contributed by atoms with Crippen molar-refractivity contribution >= 4 is 17.5 Å². The number of halogens is 1. The molecule has 0 unspecified atom stereocenters. The molecule has 1 aromatic heterocycles. The molecule has 0 aliphatic heterocycles. The lowest BCUT2D eigenvalue weighted by Gasteiger charge is -2.15. The first-order valence-electron chi connectivity index (χ1n) is 10.3. The molecule has 166 valence electrons. The molecule has 0 atom stereocenters. The lowest BCUT2D eigenvalue weighted by molar-refractivity contribution is 0.456. The van der Waals surface area contributed by atoms with Crippen molar-refractivity contribution in [3.63, 3.8) is 0 Å². The van der Waals surface area contributed by atoms with E-state index >= 15 is 0 Å². The van der Waals surface area contributed by atoms with Crippen LogP contribution in [-0.2, 0) is 0 Å². The zero-order valence-electron chi connectivity index (χ0n) is 18.4. The van der Waals surface area contributed by atoms with E-state index in [4.69, 9.17) is 21.0 Å². The number of aryl methyl sites for hydroxylation is 2. The van der Waals surface area contributed by atoms with Crippen LogP contribution in [0.25, 0.3) is 11.1 Å². The Bertz CT molecular complexity index is 1450. The molecule has 34 heavy (non-hydrogen) atoms. The van der Waals surface area contributed by atoms with Crippen molar-refractivity contribution in [1.29, 1.82) is 10.5 Å². The van der Waals surface area contributed by atoms with Gasteiger partial charge in [0.1, 0.15) is 23.5 Å². The Morgan fingerprint density at radius 3 is 2.21 bits per heavy atom. The predicted molar refractivity (Wildman–Crippen MR) is 127 cm³/mol. The normalized spacial score (nSPS) is 10.3. The van der Waals surface area contributed by atoms with Crippen molar-refractivity contribution in [3.05, 3.63) is 88.7 Å². The van der Waals surface area contributed by atoms with Crippen LogP contribution in [0.15, 0.2) is 60.7 Å². The van der Waals surface area contributed by atoms with Crippen LogP contribution < -0.4 is 15.8 Å². The maximum Gasteiger partial charge on any atom is 0.232 e. The molecule has 0 spiro atoms. The zero-order chi connectivity index (χ0) is 24.2. The Morgan fingerprint density at radius 2 is 1.59 bits per heavy atom. The SMILES string of the molecule is Cc1cc(-c2ccc(C#N)c(F)c2)cc(C)c1Oc1cc(N)nc(Nc2ccc(C#N)cc2)n1. The molecule has 3 N–H and O–H groups in total. The highest BCUT2D eigenvalue weighted by Crippen LogP contribution is 2.34. The maximum atomic E-state index is 14.1. The molecule has 0 fully saturated rings. The quantitative estimate of drug-likeness (QED) is 0.396. The van der Waals surface area contributed by atoms with E-state index < -0.39 is 5.82 Å². The van der Waals surface area contributed by atoms with E-state index in [9.17, 15) is 4.39 Å². The van der Waals surface area contributed by atoms with Crippen LogP contribution in [0.1, 0.15) is 22.3 Å². The highest BCUT2D eigenvalue weighted by atomic mass is 19.1. The average molecular weight is 450 g/mol. The zero-order valence-corrected chi connectivity index (χ0v) is 18.4. The van der Waals surface area contributed by atoms with Gasteiger partial charge < -0.3 is 15.8 Å². The van der Waals surface area contributed by atoms with Gasteiger partial charge in [-0.25, -0.2) is 4.39 Å². The number of hydrogen-bond acceptors (Lipinski definition) is 7. The van der Waals surface area contributed by atoms with E-state index in [1.165, 1.54) is 18.2 Å². The van der Waals surface area contributed by atoms with Gasteiger partial charge in [-0.2, -0.15) is 20.5 Å². The van der Waals surface area contributed by atoms with Gasteiger partial charge in [0.15, 0.2) is 0 Å². The molecule has 0 radical (unpaired) electrons. The van der Waals surface area contributed by atoms with Crippen LogP contribution in [0.2, 0.25) is 0 Å². The van der Waals surface area contributed by atoms with E-state index in [-0.39, 0.29) is 23.2 Å². The number of aromatic nitrogens is 2. The van der Waals surface area contributed by atoms with Gasteiger partial charge in [-0.3, -0.25) is 0 Å². The summed E-state index contributed by atoms with van der Waals surface area (Å²) >= 11 is 0. The van der Waals surface area contributed by atoms with E-state index in [2.05, 4.69) is 21.4 Å². The third-order valence-electron chi connectivity index (χ3n) is 5.08. The molecule has 7 nitrogen and oxygen atoms in total. The highest BCUT2D eigenvalue weighted by Gasteiger charge is 2.13. The van der Waals surface area contributed by atoms with Crippen molar-refractivity contribution in [3.8, 4) is 34.9 Å². The number of nitrogens with one attached hydrogen (secondary N) is 1. The molecule has 3 aromatic carbocycles. The van der Waals surface area contributed by atoms with Gasteiger partial charge in [-0.1, -0.05) is 6.07 Å². The van der Waals surface area contributed by atoms with Crippen LogP contribution in [-0.4, -0.2) is 9.97 Å². The second-order valence-electron chi connectivity index (χ2n) is 7.62. The molecule has 8 heteroatoms. The summed E-state index contributed by atoms with van der Waals surface area (Å²) < 4.78 is 20.1. The van der Waals surface area contributed by atoms with Gasteiger partial charge in [0.05, 0.1) is 17.2 Å². The lowest BCUT2D eigenvalue weighted by atomic mass is 9.98. The summed E-state index contributed by atoms with van der Waals surface area (Å²) in [7, 11) is 0. The van der Waals surface area contributed by atoms with E-state index in [1.54, 1.807) is 30.3 Å². The molecule has 0 saturated carbocycles. The molecule has 0 bridgehead atoms. The van der Waals surface area contributed by atoms with Crippen molar-refractivity contribution in [2.24, 2.45) is 0 Å². The summed E-state index contributed by atoms with van der Waals surface area (Å²) in [6.07, 6.45) is 0. The number of anilines is 3. The van der Waals surface area contributed by atoms with E-state index in [1.807, 2.05) is 32.0 Å². The fourth-order valence-electron chi connectivity index (χ4n) is 3.48. The van der Waals surface area contributed by atoms with Crippen molar-refractivity contribution in [2.45, 2.75) is 13.8 Å². The largest absolute Gasteiger partial charge is 0.438 e. The molecule has 0 amide bonds. The number of nitriles is 2. The summed E-state index contributed by atoms with van der Waals surface area (Å²) in [5, 5.41) is 20.9.